The molecule has 0 unspecified atom stereocenters. The number of aromatic nitrogens is 4. The molecule has 0 aliphatic carbocycles. The Bertz CT molecular complexity index is 967. The van der Waals surface area contributed by atoms with Crippen LogP contribution in [0.5, 0.6) is 0 Å². The van der Waals surface area contributed by atoms with Gasteiger partial charge < -0.3 is 9.80 Å². The van der Waals surface area contributed by atoms with E-state index in [2.05, 4.69) is 20.0 Å². The van der Waals surface area contributed by atoms with Crippen LogP contribution in [0.1, 0.15) is 5.56 Å². The Morgan fingerprint density at radius 3 is 2.64 bits per heavy atom. The zero-order valence-electron chi connectivity index (χ0n) is 13.7. The van der Waals surface area contributed by atoms with Crippen molar-refractivity contribution < 1.29 is 4.39 Å². The molecule has 0 saturated carbocycles. The van der Waals surface area contributed by atoms with Gasteiger partial charge in [0.15, 0.2) is 5.65 Å². The molecular formula is C17H16FN7. The van der Waals surface area contributed by atoms with Gasteiger partial charge in [0, 0.05) is 33.2 Å². The van der Waals surface area contributed by atoms with Crippen molar-refractivity contribution in [3.05, 3.63) is 42.1 Å². The quantitative estimate of drug-likeness (QED) is 0.709. The summed E-state index contributed by atoms with van der Waals surface area (Å²) in [4.78, 5) is 12.9. The molecule has 1 saturated heterocycles. The third-order valence-corrected chi connectivity index (χ3v) is 4.53. The fraction of sp³-hybridized carbons (Fsp3) is 0.294. The third-order valence-electron chi connectivity index (χ3n) is 4.53. The summed E-state index contributed by atoms with van der Waals surface area (Å²) in [6.07, 6.45) is 3.32. The Balaban J connectivity index is 1.58. The first-order valence-electron chi connectivity index (χ1n) is 8.00. The minimum Gasteiger partial charge on any atom is -0.367 e. The molecule has 3 aromatic rings. The molecule has 8 heteroatoms. The van der Waals surface area contributed by atoms with Gasteiger partial charge in [0.25, 0.3) is 0 Å². The van der Waals surface area contributed by atoms with E-state index in [1.807, 2.05) is 18.0 Å². The molecule has 7 nitrogen and oxygen atoms in total. The summed E-state index contributed by atoms with van der Waals surface area (Å²) in [5.74, 6) is 0.382. The van der Waals surface area contributed by atoms with Crippen LogP contribution in [0.2, 0.25) is 0 Å². The highest BCUT2D eigenvalue weighted by Crippen LogP contribution is 2.27. The SMILES string of the molecule is Cn1ncc2c(N3CCN(c4cccc(F)c4C#N)CC3)ncnc21. The van der Waals surface area contributed by atoms with E-state index >= 15 is 0 Å². The summed E-state index contributed by atoms with van der Waals surface area (Å²) in [6, 6.07) is 6.72. The van der Waals surface area contributed by atoms with Crippen molar-refractivity contribution in [1.82, 2.24) is 19.7 Å². The number of hydrogen-bond acceptors (Lipinski definition) is 6. The van der Waals surface area contributed by atoms with E-state index in [0.29, 0.717) is 18.8 Å². The maximum Gasteiger partial charge on any atom is 0.163 e. The summed E-state index contributed by atoms with van der Waals surface area (Å²) in [5, 5.41) is 14.4. The van der Waals surface area contributed by atoms with E-state index in [1.54, 1.807) is 29.3 Å². The van der Waals surface area contributed by atoms with Crippen LogP contribution in [-0.2, 0) is 7.05 Å². The van der Waals surface area contributed by atoms with E-state index in [9.17, 15) is 9.65 Å². The third kappa shape index (κ3) is 2.54. The number of piperazine rings is 1. The lowest BCUT2D eigenvalue weighted by atomic mass is 10.1. The van der Waals surface area contributed by atoms with Crippen molar-refractivity contribution in [2.45, 2.75) is 0 Å². The Hall–Kier alpha value is -3.21. The van der Waals surface area contributed by atoms with E-state index in [0.717, 1.165) is 29.9 Å². The molecule has 1 fully saturated rings. The normalized spacial score (nSPS) is 14.8. The second kappa shape index (κ2) is 6.02. The van der Waals surface area contributed by atoms with Crippen LogP contribution in [0.4, 0.5) is 15.9 Å². The van der Waals surface area contributed by atoms with E-state index in [-0.39, 0.29) is 5.56 Å². The summed E-state index contributed by atoms with van der Waals surface area (Å²) < 4.78 is 15.6. The first-order valence-corrected chi connectivity index (χ1v) is 8.00. The Morgan fingerprint density at radius 1 is 1.12 bits per heavy atom. The van der Waals surface area contributed by atoms with E-state index < -0.39 is 5.82 Å². The highest BCUT2D eigenvalue weighted by atomic mass is 19.1. The lowest BCUT2D eigenvalue weighted by molar-refractivity contribution is 0.615. The summed E-state index contributed by atoms with van der Waals surface area (Å²) in [5.41, 5.74) is 1.55. The number of nitrogens with zero attached hydrogens (tertiary/aromatic N) is 7. The Kier molecular flexibility index (Phi) is 3.69. The standard InChI is InChI=1S/C17H16FN7/c1-23-16-13(10-22-23)17(21-11-20-16)25-7-5-24(6-8-25)15-4-2-3-14(18)12(15)9-19/h2-4,10-11H,5-8H2,1H3. The second-order valence-corrected chi connectivity index (χ2v) is 5.92. The van der Waals surface area contributed by atoms with Crippen LogP contribution in [0.25, 0.3) is 11.0 Å². The fourth-order valence-corrected chi connectivity index (χ4v) is 3.25. The summed E-state index contributed by atoms with van der Waals surface area (Å²) in [6.45, 7) is 2.82. The molecule has 2 aromatic heterocycles. The van der Waals surface area contributed by atoms with Crippen LogP contribution in [0, 0.1) is 17.1 Å². The minimum atomic E-state index is -0.477. The average Bonchev–Trinajstić information content (AvgIpc) is 3.03. The van der Waals surface area contributed by atoms with Crippen LogP contribution < -0.4 is 9.80 Å². The largest absolute Gasteiger partial charge is 0.367 e. The fourth-order valence-electron chi connectivity index (χ4n) is 3.25. The number of benzene rings is 1. The summed E-state index contributed by atoms with van der Waals surface area (Å²) >= 11 is 0. The van der Waals surface area contributed by atoms with Gasteiger partial charge in [0.1, 0.15) is 29.6 Å². The predicted octanol–water partition coefficient (Wildman–Crippen LogP) is 1.70. The lowest BCUT2D eigenvalue weighted by Crippen LogP contribution is -2.47. The number of hydrogen-bond donors (Lipinski definition) is 0. The maximum atomic E-state index is 13.8. The molecule has 3 heterocycles. The van der Waals surface area contributed by atoms with Crippen LogP contribution >= 0.6 is 0 Å². The van der Waals surface area contributed by atoms with Crippen LogP contribution in [0.3, 0.4) is 0 Å². The number of anilines is 2. The van der Waals surface area contributed by atoms with Gasteiger partial charge in [-0.2, -0.15) is 10.4 Å². The van der Waals surface area contributed by atoms with Crippen molar-refractivity contribution in [3.63, 3.8) is 0 Å². The zero-order chi connectivity index (χ0) is 17.4. The molecule has 0 amide bonds. The van der Waals surface area contributed by atoms with Crippen molar-refractivity contribution in [1.29, 1.82) is 5.26 Å². The zero-order valence-corrected chi connectivity index (χ0v) is 13.7. The van der Waals surface area contributed by atoms with Crippen LogP contribution in [0.15, 0.2) is 30.7 Å². The van der Waals surface area contributed by atoms with E-state index in [4.69, 9.17) is 0 Å². The molecule has 0 atom stereocenters. The van der Waals surface area contributed by atoms with Gasteiger partial charge in [-0.05, 0) is 12.1 Å². The molecule has 0 spiro atoms. The number of nitriles is 1. The minimum absolute atomic E-state index is 0.104. The van der Waals surface area contributed by atoms with Gasteiger partial charge in [-0.25, -0.2) is 14.4 Å². The average molecular weight is 337 g/mol. The molecule has 4 rings (SSSR count). The number of fused-ring (bicyclic) bond motifs is 1. The second-order valence-electron chi connectivity index (χ2n) is 5.92. The highest BCUT2D eigenvalue weighted by molar-refractivity contribution is 5.86. The first kappa shape index (κ1) is 15.3. The van der Waals surface area contributed by atoms with Crippen molar-refractivity contribution in [2.24, 2.45) is 7.05 Å². The van der Waals surface area contributed by atoms with E-state index in [1.165, 1.54) is 6.07 Å². The highest BCUT2D eigenvalue weighted by Gasteiger charge is 2.23. The molecule has 0 bridgehead atoms. The topological polar surface area (TPSA) is 73.9 Å². The van der Waals surface area contributed by atoms with Crippen molar-refractivity contribution >= 4 is 22.5 Å². The lowest BCUT2D eigenvalue weighted by Gasteiger charge is -2.37. The monoisotopic (exact) mass is 337 g/mol. The number of rotatable bonds is 2. The van der Waals surface area contributed by atoms with Gasteiger partial charge in [-0.1, -0.05) is 6.07 Å². The Labute approximate surface area is 143 Å². The van der Waals surface area contributed by atoms with Gasteiger partial charge in [0.2, 0.25) is 0 Å². The van der Waals surface area contributed by atoms with Gasteiger partial charge in [-0.15, -0.1) is 0 Å². The predicted molar refractivity (Wildman–Crippen MR) is 91.8 cm³/mol. The molecule has 126 valence electrons. The first-order chi connectivity index (χ1) is 12.2. The van der Waals surface area contributed by atoms with Gasteiger partial charge in [0.05, 0.1) is 17.3 Å². The van der Waals surface area contributed by atoms with Crippen LogP contribution in [-0.4, -0.2) is 45.9 Å². The van der Waals surface area contributed by atoms with Crippen molar-refractivity contribution in [3.8, 4) is 6.07 Å². The molecule has 1 aliphatic heterocycles. The van der Waals surface area contributed by atoms with Crippen molar-refractivity contribution in [2.75, 3.05) is 36.0 Å². The maximum absolute atomic E-state index is 13.8. The molecule has 0 N–H and O–H groups in total. The molecule has 1 aromatic carbocycles. The molecular weight excluding hydrogens is 321 g/mol. The van der Waals surface area contributed by atoms with Gasteiger partial charge >= 0.3 is 0 Å². The van der Waals surface area contributed by atoms with Gasteiger partial charge in [-0.3, -0.25) is 4.68 Å². The number of aryl methyl sites for hydroxylation is 1. The Morgan fingerprint density at radius 2 is 1.88 bits per heavy atom. The molecule has 25 heavy (non-hydrogen) atoms. The molecule has 1 aliphatic rings. The summed E-state index contributed by atoms with van der Waals surface area (Å²) in [7, 11) is 1.85. The smallest absolute Gasteiger partial charge is 0.163 e. The number of halogens is 1. The molecule has 0 radical (unpaired) electrons.